The molecule has 0 atom stereocenters. The van der Waals surface area contributed by atoms with Gasteiger partial charge in [-0.1, -0.05) is 53.7 Å². The normalized spacial score (nSPS) is 12.3. The highest BCUT2D eigenvalue weighted by Crippen LogP contribution is 2.31. The number of pyridine rings is 2. The summed E-state index contributed by atoms with van der Waals surface area (Å²) in [6.07, 6.45) is 15.1. The van der Waals surface area contributed by atoms with E-state index in [1.807, 2.05) is 36.5 Å². The summed E-state index contributed by atoms with van der Waals surface area (Å²) in [5.41, 5.74) is 6.66. The maximum absolute atomic E-state index is 9.83. The number of fused-ring (bicyclic) bond motifs is 1. The van der Waals surface area contributed by atoms with Crippen LogP contribution in [0.1, 0.15) is 76.6 Å². The van der Waals surface area contributed by atoms with Crippen molar-refractivity contribution in [2.24, 2.45) is 10.8 Å². The Morgan fingerprint density at radius 1 is 0.930 bits per heavy atom. The molecular weight excluding hydrogens is 532 g/mol. The van der Waals surface area contributed by atoms with Crippen molar-refractivity contribution in [3.63, 3.8) is 0 Å². The number of anilines is 2. The third kappa shape index (κ3) is 9.42. The second kappa shape index (κ2) is 13.9. The number of ether oxygens (including phenoxy) is 1. The predicted octanol–water partition coefficient (Wildman–Crippen LogP) is 8.61. The van der Waals surface area contributed by atoms with Crippen LogP contribution in [0.15, 0.2) is 55.2 Å². The van der Waals surface area contributed by atoms with Gasteiger partial charge in [-0.15, -0.1) is 0 Å². The van der Waals surface area contributed by atoms with Crippen molar-refractivity contribution >= 4 is 34.4 Å². The lowest BCUT2D eigenvalue weighted by atomic mass is 9.90. The maximum atomic E-state index is 9.83. The van der Waals surface area contributed by atoms with E-state index in [9.17, 15) is 5.26 Å². The number of rotatable bonds is 12. The SMILES string of the molecule is Cc1c(Nc2c(C#N)cncc2/C=C/c2cncc(OCCN(CCC(C)(C)C)CCC(C)(C)C)c2)ccc2[nH]ccc12. The van der Waals surface area contributed by atoms with E-state index in [1.54, 1.807) is 24.8 Å². The Hall–Kier alpha value is -4.15. The molecule has 0 radical (unpaired) electrons. The molecule has 0 saturated carbocycles. The number of nitrogens with zero attached hydrogens (tertiary/aromatic N) is 4. The van der Waals surface area contributed by atoms with Crippen LogP contribution >= 0.6 is 0 Å². The summed E-state index contributed by atoms with van der Waals surface area (Å²) in [4.78, 5) is 14.5. The third-order valence-corrected chi connectivity index (χ3v) is 7.58. The molecule has 3 aromatic heterocycles. The average molecular weight is 579 g/mol. The zero-order chi connectivity index (χ0) is 31.0. The lowest BCUT2D eigenvalue weighted by Crippen LogP contribution is -2.34. The third-order valence-electron chi connectivity index (χ3n) is 7.58. The maximum Gasteiger partial charge on any atom is 0.138 e. The van der Waals surface area contributed by atoms with Gasteiger partial charge >= 0.3 is 0 Å². The Morgan fingerprint density at radius 3 is 2.35 bits per heavy atom. The molecule has 1 aromatic carbocycles. The zero-order valence-corrected chi connectivity index (χ0v) is 26.8. The van der Waals surface area contributed by atoms with E-state index in [4.69, 9.17) is 4.74 Å². The highest BCUT2D eigenvalue weighted by Gasteiger charge is 2.17. The number of H-pyrrole nitrogens is 1. The fourth-order valence-corrected chi connectivity index (χ4v) is 4.79. The highest BCUT2D eigenvalue weighted by molar-refractivity contribution is 5.90. The van der Waals surface area contributed by atoms with Crippen LogP contribution < -0.4 is 10.1 Å². The number of nitriles is 1. The molecule has 0 aliphatic rings. The van der Waals surface area contributed by atoms with Crippen molar-refractivity contribution in [1.82, 2.24) is 19.9 Å². The number of aryl methyl sites for hydroxylation is 1. The summed E-state index contributed by atoms with van der Waals surface area (Å²) < 4.78 is 6.17. The zero-order valence-electron chi connectivity index (χ0n) is 26.8. The second-order valence-corrected chi connectivity index (χ2v) is 13.7. The Balaban J connectivity index is 1.45. The molecule has 0 aliphatic heterocycles. The summed E-state index contributed by atoms with van der Waals surface area (Å²) in [5, 5.41) is 14.5. The highest BCUT2D eigenvalue weighted by atomic mass is 16.5. The van der Waals surface area contributed by atoms with Crippen LogP contribution in [0.2, 0.25) is 0 Å². The lowest BCUT2D eigenvalue weighted by molar-refractivity contribution is 0.168. The van der Waals surface area contributed by atoms with Gasteiger partial charge in [-0.3, -0.25) is 14.9 Å². The van der Waals surface area contributed by atoms with Gasteiger partial charge in [0, 0.05) is 53.5 Å². The molecule has 0 bridgehead atoms. The molecular formula is C36H46N6O. The molecule has 0 spiro atoms. The molecule has 226 valence electrons. The topological polar surface area (TPSA) is 89.9 Å². The van der Waals surface area contributed by atoms with E-state index in [1.165, 1.54) is 0 Å². The molecule has 0 aliphatic carbocycles. The first-order valence-electron chi connectivity index (χ1n) is 15.1. The first kappa shape index (κ1) is 31.8. The first-order chi connectivity index (χ1) is 20.4. The van der Waals surface area contributed by atoms with Crippen LogP contribution in [-0.2, 0) is 0 Å². The van der Waals surface area contributed by atoms with Gasteiger partial charge in [0.2, 0.25) is 0 Å². The summed E-state index contributed by atoms with van der Waals surface area (Å²) in [6, 6.07) is 10.4. The molecule has 4 rings (SSSR count). The summed E-state index contributed by atoms with van der Waals surface area (Å²) in [7, 11) is 0. The van der Waals surface area contributed by atoms with Gasteiger partial charge in [0.1, 0.15) is 18.4 Å². The monoisotopic (exact) mass is 578 g/mol. The van der Waals surface area contributed by atoms with E-state index >= 15 is 0 Å². The Kier molecular flexibility index (Phi) is 10.3. The molecule has 3 heterocycles. The number of benzene rings is 1. The molecule has 0 unspecified atom stereocenters. The van der Waals surface area contributed by atoms with Crippen LogP contribution in [0.5, 0.6) is 5.75 Å². The smallest absolute Gasteiger partial charge is 0.138 e. The van der Waals surface area contributed by atoms with Gasteiger partial charge in [-0.05, 0) is 79.1 Å². The Bertz CT molecular complexity index is 1560. The standard InChI is InChI=1S/C36H46N6O/c1-26-31-12-15-40-33(31)11-10-32(26)41-34-28(23-39-24-29(34)21-37)9-8-27-20-30(25-38-22-27)43-19-18-42(16-13-35(2,3)4)17-14-36(5,6)7/h8-12,15,20,22-25,40H,13-14,16-19H2,1-7H3,(H,39,41)/b9-8+. The summed E-state index contributed by atoms with van der Waals surface area (Å²) in [5.74, 6) is 0.742. The van der Waals surface area contributed by atoms with E-state index in [-0.39, 0.29) is 0 Å². The van der Waals surface area contributed by atoms with Crippen molar-refractivity contribution < 1.29 is 4.74 Å². The van der Waals surface area contributed by atoms with Crippen molar-refractivity contribution in [3.05, 3.63) is 77.5 Å². The Morgan fingerprint density at radius 2 is 1.65 bits per heavy atom. The van der Waals surface area contributed by atoms with Gasteiger partial charge in [-0.25, -0.2) is 0 Å². The number of nitrogens with one attached hydrogen (secondary N) is 2. The largest absolute Gasteiger partial charge is 0.491 e. The second-order valence-electron chi connectivity index (χ2n) is 13.7. The molecule has 43 heavy (non-hydrogen) atoms. The minimum Gasteiger partial charge on any atom is -0.491 e. The van der Waals surface area contributed by atoms with Crippen molar-refractivity contribution in [1.29, 1.82) is 5.26 Å². The van der Waals surface area contributed by atoms with Crippen LogP contribution in [-0.4, -0.2) is 46.1 Å². The lowest BCUT2D eigenvalue weighted by Gasteiger charge is -2.29. The minimum absolute atomic E-state index is 0.303. The van der Waals surface area contributed by atoms with Crippen LogP contribution in [0.4, 0.5) is 11.4 Å². The van der Waals surface area contributed by atoms with E-state index in [0.717, 1.165) is 77.2 Å². The minimum atomic E-state index is 0.303. The fourth-order valence-electron chi connectivity index (χ4n) is 4.79. The van der Waals surface area contributed by atoms with E-state index in [0.29, 0.717) is 23.0 Å². The number of aromatic nitrogens is 3. The molecule has 0 amide bonds. The predicted molar refractivity (Wildman–Crippen MR) is 179 cm³/mol. The van der Waals surface area contributed by atoms with E-state index in [2.05, 4.69) is 85.8 Å². The molecule has 0 fully saturated rings. The molecule has 2 N–H and O–H groups in total. The van der Waals surface area contributed by atoms with Crippen molar-refractivity contribution in [3.8, 4) is 11.8 Å². The van der Waals surface area contributed by atoms with Gasteiger partial charge in [0.25, 0.3) is 0 Å². The summed E-state index contributed by atoms with van der Waals surface area (Å²) >= 11 is 0. The van der Waals surface area contributed by atoms with Gasteiger partial charge in [0.05, 0.1) is 17.4 Å². The van der Waals surface area contributed by atoms with Crippen LogP contribution in [0.3, 0.4) is 0 Å². The van der Waals surface area contributed by atoms with Gasteiger partial charge < -0.3 is 15.0 Å². The van der Waals surface area contributed by atoms with E-state index < -0.39 is 0 Å². The van der Waals surface area contributed by atoms with Gasteiger partial charge in [0.15, 0.2) is 0 Å². The van der Waals surface area contributed by atoms with Crippen LogP contribution in [0.25, 0.3) is 23.1 Å². The average Bonchev–Trinajstić information content (AvgIpc) is 3.44. The fraction of sp³-hybridized carbons (Fsp3) is 0.417. The van der Waals surface area contributed by atoms with Crippen molar-refractivity contribution in [2.75, 3.05) is 31.6 Å². The first-order valence-corrected chi connectivity index (χ1v) is 15.1. The number of hydrogen-bond donors (Lipinski definition) is 2. The molecule has 7 nitrogen and oxygen atoms in total. The Labute approximate surface area is 257 Å². The van der Waals surface area contributed by atoms with Crippen molar-refractivity contribution in [2.45, 2.75) is 61.3 Å². The number of hydrogen-bond acceptors (Lipinski definition) is 6. The summed E-state index contributed by atoms with van der Waals surface area (Å²) in [6.45, 7) is 19.5. The van der Waals surface area contributed by atoms with Gasteiger partial charge in [-0.2, -0.15) is 5.26 Å². The number of aromatic amines is 1. The molecule has 0 saturated heterocycles. The molecule has 4 aromatic rings. The molecule has 7 heteroatoms. The quantitative estimate of drug-likeness (QED) is 0.175. The van der Waals surface area contributed by atoms with Crippen LogP contribution in [0, 0.1) is 29.1 Å².